The van der Waals surface area contributed by atoms with Crippen LogP contribution in [0, 0.1) is 0 Å². The first-order chi connectivity index (χ1) is 29.7. The highest BCUT2D eigenvalue weighted by atomic mass is 32.1. The summed E-state index contributed by atoms with van der Waals surface area (Å²) in [6, 6.07) is 70.4. The maximum Gasteiger partial charge on any atom is 0.164 e. The molecule has 0 aliphatic heterocycles. The Morgan fingerprint density at radius 2 is 0.900 bits per heavy atom. The predicted molar refractivity (Wildman–Crippen MR) is 250 cm³/mol. The average molecular weight is 784 g/mol. The Labute approximate surface area is 349 Å². The van der Waals surface area contributed by atoms with E-state index in [0.29, 0.717) is 17.5 Å². The van der Waals surface area contributed by atoms with Crippen LogP contribution in [0.4, 0.5) is 0 Å². The van der Waals surface area contributed by atoms with Gasteiger partial charge in [0.05, 0.1) is 0 Å². The highest BCUT2D eigenvalue weighted by Crippen LogP contribution is 2.43. The number of aromatic nitrogens is 3. The van der Waals surface area contributed by atoms with Crippen molar-refractivity contribution in [2.75, 3.05) is 0 Å². The average Bonchev–Trinajstić information content (AvgIpc) is 3.89. The van der Waals surface area contributed by atoms with Crippen molar-refractivity contribution < 1.29 is 4.42 Å². The van der Waals surface area contributed by atoms with Crippen LogP contribution in [0.5, 0.6) is 0 Å². The number of rotatable bonds is 6. The second-order valence-electron chi connectivity index (χ2n) is 15.1. The smallest absolute Gasteiger partial charge is 0.164 e. The van der Waals surface area contributed by atoms with E-state index >= 15 is 0 Å². The summed E-state index contributed by atoms with van der Waals surface area (Å²) in [5, 5.41) is 7.03. The quantitative estimate of drug-likeness (QED) is 0.169. The molecule has 12 aromatic rings. The van der Waals surface area contributed by atoms with Crippen molar-refractivity contribution in [3.8, 4) is 67.5 Å². The summed E-state index contributed by atoms with van der Waals surface area (Å²) in [4.78, 5) is 15.5. The summed E-state index contributed by atoms with van der Waals surface area (Å²) in [6.45, 7) is 0. The van der Waals surface area contributed by atoms with Crippen molar-refractivity contribution in [2.45, 2.75) is 0 Å². The highest BCUT2D eigenvalue weighted by Gasteiger charge is 2.19. The number of hydrogen-bond donors (Lipinski definition) is 0. The molecular formula is C55H33N3OS. The van der Waals surface area contributed by atoms with E-state index in [1.807, 2.05) is 35.6 Å². The first kappa shape index (κ1) is 34.3. The summed E-state index contributed by atoms with van der Waals surface area (Å²) in [5.74, 6) is 1.86. The lowest BCUT2D eigenvalue weighted by molar-refractivity contribution is 0.669. The molecule has 5 heteroatoms. The molecule has 60 heavy (non-hydrogen) atoms. The van der Waals surface area contributed by atoms with Crippen molar-refractivity contribution in [1.82, 2.24) is 15.0 Å². The van der Waals surface area contributed by atoms with Gasteiger partial charge in [-0.3, -0.25) is 0 Å². The largest absolute Gasteiger partial charge is 0.456 e. The minimum absolute atomic E-state index is 0.608. The van der Waals surface area contributed by atoms with Crippen LogP contribution in [0.25, 0.3) is 120 Å². The first-order valence-corrected chi connectivity index (χ1v) is 20.9. The summed E-state index contributed by atoms with van der Waals surface area (Å²) < 4.78 is 9.16. The monoisotopic (exact) mass is 783 g/mol. The van der Waals surface area contributed by atoms with Gasteiger partial charge in [-0.15, -0.1) is 11.3 Å². The lowest BCUT2D eigenvalue weighted by Crippen LogP contribution is -2.01. The van der Waals surface area contributed by atoms with Crippen LogP contribution >= 0.6 is 11.3 Å². The Balaban J connectivity index is 1.03. The van der Waals surface area contributed by atoms with Crippen LogP contribution in [0.1, 0.15) is 0 Å². The lowest BCUT2D eigenvalue weighted by Gasteiger charge is -2.13. The van der Waals surface area contributed by atoms with Crippen LogP contribution in [-0.2, 0) is 0 Å². The third-order valence-corrected chi connectivity index (χ3v) is 12.7. The normalized spacial score (nSPS) is 11.7. The number of thiophene rings is 1. The summed E-state index contributed by atoms with van der Waals surface area (Å²) >= 11 is 1.84. The number of para-hydroxylation sites is 1. The number of hydrogen-bond acceptors (Lipinski definition) is 5. The van der Waals surface area contributed by atoms with Gasteiger partial charge in [0.1, 0.15) is 11.2 Å². The fourth-order valence-electron chi connectivity index (χ4n) is 8.69. The van der Waals surface area contributed by atoms with Crippen LogP contribution in [0.15, 0.2) is 205 Å². The topological polar surface area (TPSA) is 51.8 Å². The molecule has 0 fully saturated rings. The zero-order chi connectivity index (χ0) is 39.6. The molecule has 0 saturated carbocycles. The maximum absolute atomic E-state index is 6.60. The Bertz CT molecular complexity index is 3610. The highest BCUT2D eigenvalue weighted by molar-refractivity contribution is 7.25. The van der Waals surface area contributed by atoms with Crippen molar-refractivity contribution in [3.63, 3.8) is 0 Å². The minimum Gasteiger partial charge on any atom is -0.456 e. The van der Waals surface area contributed by atoms with Gasteiger partial charge in [0.2, 0.25) is 0 Å². The second-order valence-corrected chi connectivity index (χ2v) is 16.2. The standard InChI is InChI=1S/C55H33N3OS/c1-3-14-34(15-4-1)40-28-29-45(42-21-8-7-20-41(40)42)55-57-53(35-16-5-2-6-17-35)56-54(58-55)38-19-13-18-36(30-38)39-31-47(52-46-23-9-11-24-48(46)59-49(52)32-39)37-26-27-44-43-22-10-12-25-50(43)60-51(44)33-37/h1-33H. The van der Waals surface area contributed by atoms with Gasteiger partial charge in [0, 0.05) is 47.6 Å². The van der Waals surface area contributed by atoms with Crippen LogP contribution in [0.3, 0.4) is 0 Å². The van der Waals surface area contributed by atoms with E-state index in [1.165, 1.54) is 31.3 Å². The van der Waals surface area contributed by atoms with E-state index in [4.69, 9.17) is 19.4 Å². The van der Waals surface area contributed by atoms with Gasteiger partial charge in [-0.2, -0.15) is 0 Å². The molecule has 0 bridgehead atoms. The van der Waals surface area contributed by atoms with Crippen LogP contribution in [-0.4, -0.2) is 15.0 Å². The zero-order valence-corrected chi connectivity index (χ0v) is 33.0. The molecule has 3 heterocycles. The van der Waals surface area contributed by atoms with Gasteiger partial charge in [-0.1, -0.05) is 158 Å². The molecule has 9 aromatic carbocycles. The Morgan fingerprint density at radius 1 is 0.300 bits per heavy atom. The van der Waals surface area contributed by atoms with E-state index in [9.17, 15) is 0 Å². The van der Waals surface area contributed by atoms with Gasteiger partial charge in [-0.25, -0.2) is 15.0 Å². The summed E-state index contributed by atoms with van der Waals surface area (Å²) in [7, 11) is 0. The maximum atomic E-state index is 6.60. The van der Waals surface area contributed by atoms with Crippen LogP contribution < -0.4 is 0 Å². The SMILES string of the molecule is c1ccc(-c2nc(-c3cccc(-c4cc(-c5ccc6c(c5)sc5ccccc56)c5c(c4)oc4ccccc45)c3)nc(-c3ccc(-c4ccccc4)c4ccccc34)n2)cc1. The molecule has 0 N–H and O–H groups in total. The van der Waals surface area contributed by atoms with Gasteiger partial charge >= 0.3 is 0 Å². The lowest BCUT2D eigenvalue weighted by atomic mass is 9.93. The third kappa shape index (κ3) is 5.78. The van der Waals surface area contributed by atoms with E-state index in [1.54, 1.807) is 0 Å². The van der Waals surface area contributed by atoms with Crippen molar-refractivity contribution in [1.29, 1.82) is 0 Å². The fourth-order valence-corrected chi connectivity index (χ4v) is 9.83. The number of nitrogens with zero attached hydrogens (tertiary/aromatic N) is 3. The molecule has 4 nitrogen and oxygen atoms in total. The van der Waals surface area contributed by atoms with Crippen molar-refractivity contribution in [3.05, 3.63) is 200 Å². The van der Waals surface area contributed by atoms with Crippen LogP contribution in [0.2, 0.25) is 0 Å². The van der Waals surface area contributed by atoms with Gasteiger partial charge < -0.3 is 4.42 Å². The number of fused-ring (bicyclic) bond motifs is 7. The number of benzene rings is 9. The summed E-state index contributed by atoms with van der Waals surface area (Å²) in [5.41, 5.74) is 11.2. The van der Waals surface area contributed by atoms with Gasteiger partial charge in [-0.05, 0) is 86.6 Å². The third-order valence-electron chi connectivity index (χ3n) is 11.5. The van der Waals surface area contributed by atoms with E-state index < -0.39 is 0 Å². The summed E-state index contributed by atoms with van der Waals surface area (Å²) in [6.07, 6.45) is 0. The molecule has 12 rings (SSSR count). The van der Waals surface area contributed by atoms with Gasteiger partial charge in [0.15, 0.2) is 17.5 Å². The molecule has 280 valence electrons. The Morgan fingerprint density at radius 3 is 1.72 bits per heavy atom. The first-order valence-electron chi connectivity index (χ1n) is 20.1. The fraction of sp³-hybridized carbons (Fsp3) is 0. The van der Waals surface area contributed by atoms with Gasteiger partial charge in [0.25, 0.3) is 0 Å². The Hall–Kier alpha value is -7.73. The second kappa shape index (κ2) is 14.0. The zero-order valence-electron chi connectivity index (χ0n) is 32.2. The molecule has 0 atom stereocenters. The molecule has 0 radical (unpaired) electrons. The molecule has 0 amide bonds. The Kier molecular flexibility index (Phi) is 8.00. The van der Waals surface area contributed by atoms with E-state index in [2.05, 4.69) is 176 Å². The molecular weight excluding hydrogens is 751 g/mol. The molecule has 3 aromatic heterocycles. The van der Waals surface area contributed by atoms with Crippen molar-refractivity contribution in [2.24, 2.45) is 0 Å². The van der Waals surface area contributed by atoms with E-state index in [0.717, 1.165) is 71.7 Å². The molecule has 0 spiro atoms. The van der Waals surface area contributed by atoms with Crippen molar-refractivity contribution >= 4 is 64.2 Å². The van der Waals surface area contributed by atoms with E-state index in [-0.39, 0.29) is 0 Å². The molecule has 0 saturated heterocycles. The minimum atomic E-state index is 0.608. The molecule has 0 aliphatic rings. The molecule has 0 unspecified atom stereocenters. The molecule has 0 aliphatic carbocycles. The predicted octanol–water partition coefficient (Wildman–Crippen LogP) is 15.3. The number of furan rings is 1.